The molecule has 0 atom stereocenters. The van der Waals surface area contributed by atoms with Gasteiger partial charge in [-0.25, -0.2) is 4.57 Å². The molecule has 0 aromatic rings. The predicted octanol–water partition coefficient (Wildman–Crippen LogP) is 0.134. The molecule has 0 amide bonds. The average Bonchev–Trinajstić information content (AvgIpc) is 1.12. The van der Waals surface area contributed by atoms with Gasteiger partial charge in [0.1, 0.15) is 0 Å². The van der Waals surface area contributed by atoms with E-state index in [0.717, 1.165) is 0 Å². The van der Waals surface area contributed by atoms with Crippen LogP contribution in [-0.2, 0) is 16.4 Å². The maximum atomic E-state index is 8.88. The van der Waals surface area contributed by atoms with Crippen LogP contribution in [-0.4, -0.2) is 19.6 Å². The lowest BCUT2D eigenvalue weighted by Gasteiger charge is -1.88. The van der Waals surface area contributed by atoms with E-state index in [2.05, 4.69) is 36.3 Å². The summed E-state index contributed by atoms with van der Waals surface area (Å²) in [5.74, 6) is 0. The summed E-state index contributed by atoms with van der Waals surface area (Å²) in [6.45, 7) is 0. The Morgan fingerprint density at radius 1 is 1.10 bits per heavy atom. The summed E-state index contributed by atoms with van der Waals surface area (Å²) in [7, 11) is -4.64. The fourth-order valence-electron chi connectivity index (χ4n) is 0. The first-order chi connectivity index (χ1) is 4.00. The van der Waals surface area contributed by atoms with Crippen molar-refractivity contribution in [2.75, 3.05) is 0 Å². The molecule has 0 fully saturated rings. The van der Waals surface area contributed by atoms with Crippen LogP contribution in [0.25, 0.3) is 0 Å². The molecular formula is H6O5P2S3. The van der Waals surface area contributed by atoms with Gasteiger partial charge in [0.15, 0.2) is 4.67 Å². The second-order valence-corrected chi connectivity index (χ2v) is 10.7. The molecule has 0 rings (SSSR count). The monoisotopic (exact) mass is 244 g/mol. The summed E-state index contributed by atoms with van der Waals surface area (Å²) in [6, 6.07) is 0. The summed E-state index contributed by atoms with van der Waals surface area (Å²) < 4.78 is 6.47. The van der Waals surface area contributed by atoms with Crippen molar-refractivity contribution in [3.05, 3.63) is 0 Å². The van der Waals surface area contributed by atoms with Gasteiger partial charge >= 0.3 is 7.82 Å². The summed E-state index contributed by atoms with van der Waals surface area (Å²) in [5, 5.41) is 0. The van der Waals surface area contributed by atoms with Gasteiger partial charge in [-0.1, -0.05) is 0 Å². The number of rotatable bonds is 0. The van der Waals surface area contributed by atoms with Gasteiger partial charge < -0.3 is 19.6 Å². The highest BCUT2D eigenvalue weighted by Crippen LogP contribution is 2.50. The smallest absolute Gasteiger partial charge is 0.350 e. The van der Waals surface area contributed by atoms with Gasteiger partial charge in [-0.05, 0) is 11.8 Å². The predicted molar refractivity (Wildman–Crippen MR) is 48.7 cm³/mol. The molecule has 0 saturated carbocycles. The molecule has 64 valence electrons. The van der Waals surface area contributed by atoms with Crippen LogP contribution >= 0.6 is 37.0 Å². The van der Waals surface area contributed by atoms with Crippen molar-refractivity contribution < 1.29 is 24.1 Å². The van der Waals surface area contributed by atoms with Crippen molar-refractivity contribution in [2.45, 2.75) is 0 Å². The Balaban J connectivity index is 0. The van der Waals surface area contributed by atoms with E-state index in [4.69, 9.17) is 24.1 Å². The molecule has 0 radical (unpaired) electrons. The number of hydrogen-bond donors (Lipinski definition) is 6. The van der Waals surface area contributed by atoms with Gasteiger partial charge in [0.2, 0.25) is 0 Å². The zero-order valence-electron chi connectivity index (χ0n) is 4.39. The van der Waals surface area contributed by atoms with E-state index in [-0.39, 0.29) is 0 Å². The van der Waals surface area contributed by atoms with E-state index in [0.29, 0.717) is 0 Å². The Kier molecular flexibility index (Phi) is 7.17. The van der Waals surface area contributed by atoms with Gasteiger partial charge in [0.25, 0.3) is 0 Å². The Morgan fingerprint density at radius 2 is 1.10 bits per heavy atom. The molecule has 10 heavy (non-hydrogen) atoms. The van der Waals surface area contributed by atoms with E-state index in [9.17, 15) is 0 Å². The lowest BCUT2D eigenvalue weighted by Crippen LogP contribution is -1.66. The van der Waals surface area contributed by atoms with E-state index in [1.807, 2.05) is 0 Å². The molecule has 10 heteroatoms. The first-order valence-electron chi connectivity index (χ1n) is 1.57. The molecule has 0 aliphatic carbocycles. The Labute approximate surface area is 73.1 Å². The quantitative estimate of drug-likeness (QED) is 0.268. The molecule has 0 aliphatic rings. The summed E-state index contributed by atoms with van der Waals surface area (Å²) in [4.78, 5) is 29.7. The highest BCUT2D eigenvalue weighted by molar-refractivity contribution is 8.90. The molecule has 0 spiro atoms. The van der Waals surface area contributed by atoms with E-state index in [1.165, 1.54) is 0 Å². The van der Waals surface area contributed by atoms with Crippen molar-refractivity contribution in [2.24, 2.45) is 0 Å². The zero-order valence-corrected chi connectivity index (χ0v) is 8.79. The van der Waals surface area contributed by atoms with Crippen LogP contribution in [0.1, 0.15) is 0 Å². The average molecular weight is 244 g/mol. The van der Waals surface area contributed by atoms with Crippen LogP contribution in [0.2, 0.25) is 0 Å². The Hall–Kier alpha value is 1.42. The third-order valence-corrected chi connectivity index (χ3v) is 0. The minimum absolute atomic E-state index is 2.42. The third kappa shape index (κ3) is 331. The lowest BCUT2D eigenvalue weighted by atomic mass is 15.8. The van der Waals surface area contributed by atoms with Gasteiger partial charge in [0.05, 0.1) is 0 Å². The minimum atomic E-state index is -4.64. The molecule has 0 bridgehead atoms. The maximum Gasteiger partial charge on any atom is 0.466 e. The normalized spacial score (nSPS) is 11.8. The van der Waals surface area contributed by atoms with Gasteiger partial charge in [-0.3, -0.25) is 0 Å². The highest BCUT2D eigenvalue weighted by Gasteiger charge is 2.00. The van der Waals surface area contributed by atoms with Gasteiger partial charge in [-0.15, -0.1) is 24.5 Å². The molecule has 0 heterocycles. The van der Waals surface area contributed by atoms with Gasteiger partial charge in [-0.2, -0.15) is 0 Å². The van der Waals surface area contributed by atoms with Crippen molar-refractivity contribution in [3.8, 4) is 0 Å². The maximum absolute atomic E-state index is 8.88. The van der Waals surface area contributed by atoms with Crippen LogP contribution in [0.4, 0.5) is 0 Å². The van der Waals surface area contributed by atoms with Crippen LogP contribution in [0, 0.1) is 0 Å². The number of hydrogen-bond acceptors (Lipinski definition) is 2. The van der Waals surface area contributed by atoms with Crippen molar-refractivity contribution in [1.29, 1.82) is 0 Å². The van der Waals surface area contributed by atoms with Crippen LogP contribution in [0.3, 0.4) is 0 Å². The van der Waals surface area contributed by atoms with Crippen molar-refractivity contribution >= 4 is 48.8 Å². The molecule has 0 saturated heterocycles. The second kappa shape index (κ2) is 5.13. The molecule has 5 nitrogen and oxygen atoms in total. The molecule has 0 aromatic heterocycles. The van der Waals surface area contributed by atoms with Crippen LogP contribution in [0.15, 0.2) is 0 Å². The minimum Gasteiger partial charge on any atom is -0.350 e. The zero-order chi connectivity index (χ0) is 9.00. The fourth-order valence-corrected chi connectivity index (χ4v) is 0. The Morgan fingerprint density at radius 3 is 1.10 bits per heavy atom. The fraction of sp³-hybridized carbons (Fsp3) is 0. The first kappa shape index (κ1) is 14.0. The number of phosphoric acid groups is 1. The molecule has 0 aliphatic heterocycles. The molecule has 0 aromatic carbocycles. The lowest BCUT2D eigenvalue weighted by molar-refractivity contribution is 0.275. The topological polar surface area (TPSA) is 98.0 Å². The van der Waals surface area contributed by atoms with E-state index < -0.39 is 12.5 Å². The van der Waals surface area contributed by atoms with E-state index >= 15 is 0 Å². The van der Waals surface area contributed by atoms with E-state index in [1.54, 1.807) is 0 Å². The standard InChI is InChI=1S/H3O4P.H3OPS3/c1-5(2,3)4;1-2(3,4)5/h(H3,1,2,3,4);(H3,1,3,4,5). The van der Waals surface area contributed by atoms with Crippen LogP contribution in [0.5, 0.6) is 0 Å². The molecule has 4 N–H and O–H groups in total. The summed E-state index contributed by atoms with van der Waals surface area (Å²) >= 11 is 11.2. The number of thiol groups is 2. The van der Waals surface area contributed by atoms with Crippen LogP contribution < -0.4 is 0 Å². The second-order valence-electron chi connectivity index (χ2n) is 1.03. The SMILES string of the molecule is O=P(O)(O)O.OP(=S)(S)S. The first-order valence-corrected chi connectivity index (χ1v) is 8.19. The molecule has 0 unspecified atom stereocenters. The van der Waals surface area contributed by atoms with Crippen molar-refractivity contribution in [1.82, 2.24) is 0 Å². The molecular weight excluding hydrogens is 238 g/mol. The summed E-state index contributed by atoms with van der Waals surface area (Å²) in [5.41, 5.74) is 0. The highest BCUT2D eigenvalue weighted by atomic mass is 33.2. The largest absolute Gasteiger partial charge is 0.466 e. The summed E-state index contributed by atoms with van der Waals surface area (Å²) in [6.07, 6.45) is 0. The van der Waals surface area contributed by atoms with Gasteiger partial charge in [0, 0.05) is 0 Å². The van der Waals surface area contributed by atoms with Crippen molar-refractivity contribution in [3.63, 3.8) is 0 Å². The Bertz CT molecular complexity index is 127. The third-order valence-electron chi connectivity index (χ3n) is 0.